The van der Waals surface area contributed by atoms with Gasteiger partial charge >= 0.3 is 6.41 Å². The van der Waals surface area contributed by atoms with Crippen LogP contribution < -0.4 is 5.73 Å². The Kier molecular flexibility index (Phi) is 3.29. The second kappa shape index (κ2) is 4.51. The lowest BCUT2D eigenvalue weighted by molar-refractivity contribution is 0.382. The van der Waals surface area contributed by atoms with Crippen molar-refractivity contribution in [1.82, 2.24) is 4.90 Å². The summed E-state index contributed by atoms with van der Waals surface area (Å²) in [5, 5.41) is 0. The van der Waals surface area contributed by atoms with Crippen LogP contribution in [0.1, 0.15) is 5.56 Å². The van der Waals surface area contributed by atoms with Crippen LogP contribution in [0, 0.1) is 0 Å². The number of hydrogen-bond acceptors (Lipinski definition) is 2. The molecule has 1 rings (SSSR count). The van der Waals surface area contributed by atoms with Crippen molar-refractivity contribution in [2.75, 3.05) is 6.67 Å². The quantitative estimate of drug-likeness (QED) is 0.518. The normalized spacial score (nSPS) is 9.42. The molecule has 0 heterocycles. The number of amides is 1. The maximum Gasteiger partial charge on any atom is 0.313 e. The molecule has 1 amide bonds. The fraction of sp³-hybridized carbons (Fsp3) is 0.222. The fourth-order valence-corrected chi connectivity index (χ4v) is 0.938. The first kappa shape index (κ1) is 8.74. The highest BCUT2D eigenvalue weighted by atomic mass is 16.1. The first-order valence-corrected chi connectivity index (χ1v) is 3.73. The van der Waals surface area contributed by atoms with Crippen LogP contribution in [0.4, 0.5) is 0 Å². The third kappa shape index (κ3) is 2.36. The van der Waals surface area contributed by atoms with Crippen LogP contribution in [0.25, 0.3) is 0 Å². The van der Waals surface area contributed by atoms with E-state index in [-0.39, 0.29) is 6.67 Å². The van der Waals surface area contributed by atoms with E-state index in [4.69, 9.17) is 5.73 Å². The molecule has 2 N–H and O–H groups in total. The van der Waals surface area contributed by atoms with E-state index in [1.165, 1.54) is 4.90 Å². The summed E-state index contributed by atoms with van der Waals surface area (Å²) in [6.45, 7) is 0.735. The van der Waals surface area contributed by atoms with Gasteiger partial charge in [0.25, 0.3) is 0 Å². The molecule has 0 bridgehead atoms. The van der Waals surface area contributed by atoms with Gasteiger partial charge in [-0.3, -0.25) is 4.79 Å². The molecule has 0 aromatic heterocycles. The van der Waals surface area contributed by atoms with Crippen molar-refractivity contribution in [2.24, 2.45) is 5.73 Å². The molecule has 1 aromatic carbocycles. The molecule has 1 radical (unpaired) electrons. The summed E-state index contributed by atoms with van der Waals surface area (Å²) in [4.78, 5) is 11.6. The second-order valence-corrected chi connectivity index (χ2v) is 2.46. The smallest absolute Gasteiger partial charge is 0.313 e. The van der Waals surface area contributed by atoms with Gasteiger partial charge in [-0.15, -0.1) is 0 Å². The average Bonchev–Trinajstić information content (AvgIpc) is 2.16. The van der Waals surface area contributed by atoms with E-state index in [0.29, 0.717) is 6.54 Å². The monoisotopic (exact) mass is 163 g/mol. The minimum Gasteiger partial charge on any atom is -0.318 e. The van der Waals surface area contributed by atoms with Gasteiger partial charge in [-0.2, -0.15) is 0 Å². The van der Waals surface area contributed by atoms with Gasteiger partial charge < -0.3 is 10.6 Å². The van der Waals surface area contributed by atoms with Gasteiger partial charge in [0.1, 0.15) is 0 Å². The number of nitrogens with zero attached hydrogens (tertiary/aromatic N) is 1. The molecule has 3 nitrogen and oxygen atoms in total. The number of carbonyl (C=O) groups excluding carboxylic acids is 1. The van der Waals surface area contributed by atoms with E-state index in [2.05, 4.69) is 0 Å². The zero-order valence-corrected chi connectivity index (χ0v) is 6.73. The Morgan fingerprint density at radius 2 is 2.00 bits per heavy atom. The van der Waals surface area contributed by atoms with Crippen molar-refractivity contribution in [3.63, 3.8) is 0 Å². The zero-order chi connectivity index (χ0) is 8.81. The summed E-state index contributed by atoms with van der Waals surface area (Å²) in [7, 11) is 0. The third-order valence-corrected chi connectivity index (χ3v) is 1.57. The molecule has 12 heavy (non-hydrogen) atoms. The molecule has 0 aliphatic rings. The van der Waals surface area contributed by atoms with Crippen LogP contribution in [0.15, 0.2) is 30.3 Å². The Morgan fingerprint density at radius 1 is 1.33 bits per heavy atom. The highest BCUT2D eigenvalue weighted by molar-refractivity contribution is 5.48. The van der Waals surface area contributed by atoms with Gasteiger partial charge in [-0.1, -0.05) is 30.3 Å². The predicted octanol–water partition coefficient (Wildman–Crippen LogP) is 0.472. The fourth-order valence-electron chi connectivity index (χ4n) is 0.938. The van der Waals surface area contributed by atoms with Gasteiger partial charge in [-0.25, -0.2) is 0 Å². The summed E-state index contributed by atoms with van der Waals surface area (Å²) in [5.74, 6) is 0. The summed E-state index contributed by atoms with van der Waals surface area (Å²) >= 11 is 0. The summed E-state index contributed by atoms with van der Waals surface area (Å²) < 4.78 is 0. The molecule has 0 aliphatic carbocycles. The van der Waals surface area contributed by atoms with Crippen molar-refractivity contribution in [1.29, 1.82) is 0 Å². The molecule has 0 saturated carbocycles. The molecular weight excluding hydrogens is 152 g/mol. The van der Waals surface area contributed by atoms with Crippen molar-refractivity contribution >= 4 is 6.41 Å². The second-order valence-electron chi connectivity index (χ2n) is 2.46. The van der Waals surface area contributed by atoms with Crippen LogP contribution in [-0.4, -0.2) is 18.0 Å². The summed E-state index contributed by atoms with van der Waals surface area (Å²) in [6.07, 6.45) is 1.76. The van der Waals surface area contributed by atoms with E-state index < -0.39 is 0 Å². The largest absolute Gasteiger partial charge is 0.318 e. The maximum absolute atomic E-state index is 10.3. The summed E-state index contributed by atoms with van der Waals surface area (Å²) in [6, 6.07) is 9.67. The van der Waals surface area contributed by atoms with Gasteiger partial charge in [0.05, 0.1) is 6.67 Å². The van der Waals surface area contributed by atoms with Gasteiger partial charge in [0, 0.05) is 6.54 Å². The van der Waals surface area contributed by atoms with Crippen LogP contribution in [0.2, 0.25) is 0 Å². The van der Waals surface area contributed by atoms with Crippen molar-refractivity contribution in [3.8, 4) is 0 Å². The minimum absolute atomic E-state index is 0.207. The summed E-state index contributed by atoms with van der Waals surface area (Å²) in [5.41, 5.74) is 6.36. The molecule has 0 aliphatic heterocycles. The molecule has 3 heteroatoms. The predicted molar refractivity (Wildman–Crippen MR) is 46.7 cm³/mol. The van der Waals surface area contributed by atoms with Gasteiger partial charge in [0.2, 0.25) is 0 Å². The Hall–Kier alpha value is -1.35. The highest BCUT2D eigenvalue weighted by Crippen LogP contribution is 2.00. The van der Waals surface area contributed by atoms with Crippen molar-refractivity contribution in [3.05, 3.63) is 35.9 Å². The van der Waals surface area contributed by atoms with Crippen LogP contribution in [-0.2, 0) is 11.3 Å². The van der Waals surface area contributed by atoms with E-state index in [9.17, 15) is 4.79 Å². The van der Waals surface area contributed by atoms with E-state index in [0.717, 1.165) is 5.56 Å². The Bertz CT molecular complexity index is 236. The van der Waals surface area contributed by atoms with Crippen molar-refractivity contribution in [2.45, 2.75) is 6.54 Å². The van der Waals surface area contributed by atoms with Gasteiger partial charge in [0.15, 0.2) is 0 Å². The topological polar surface area (TPSA) is 46.3 Å². The standard InChI is InChI=1S/C9H11N2O/c10-7-11(8-12)6-9-4-2-1-3-5-9/h1-5H,6-7,10H2. The Labute approximate surface area is 71.8 Å². The van der Waals surface area contributed by atoms with Gasteiger partial charge in [-0.05, 0) is 5.56 Å². The van der Waals surface area contributed by atoms with E-state index >= 15 is 0 Å². The lowest BCUT2D eigenvalue weighted by atomic mass is 10.2. The number of rotatable bonds is 4. The van der Waals surface area contributed by atoms with E-state index in [1.54, 1.807) is 6.41 Å². The molecule has 0 unspecified atom stereocenters. The number of benzene rings is 1. The first-order chi connectivity index (χ1) is 5.86. The van der Waals surface area contributed by atoms with Crippen LogP contribution in [0.5, 0.6) is 0 Å². The maximum atomic E-state index is 10.3. The van der Waals surface area contributed by atoms with Crippen molar-refractivity contribution < 1.29 is 4.79 Å². The lowest BCUT2D eigenvalue weighted by Gasteiger charge is -2.12. The third-order valence-electron chi connectivity index (χ3n) is 1.57. The number of hydrogen-bond donors (Lipinski definition) is 1. The SMILES string of the molecule is NCN([C]=O)Cc1ccccc1. The van der Waals surface area contributed by atoms with Crippen LogP contribution in [0.3, 0.4) is 0 Å². The average molecular weight is 163 g/mol. The number of nitrogens with two attached hydrogens (primary N) is 1. The zero-order valence-electron chi connectivity index (χ0n) is 6.73. The minimum atomic E-state index is 0.207. The lowest BCUT2D eigenvalue weighted by Crippen LogP contribution is -2.27. The molecular formula is C9H11N2O. The molecule has 0 spiro atoms. The van der Waals surface area contributed by atoms with Crippen LogP contribution >= 0.6 is 0 Å². The molecule has 0 atom stereocenters. The molecule has 63 valence electrons. The Balaban J connectivity index is 2.56. The Morgan fingerprint density at radius 3 is 2.50 bits per heavy atom. The first-order valence-electron chi connectivity index (χ1n) is 3.73. The molecule has 0 saturated heterocycles. The van der Waals surface area contributed by atoms with E-state index in [1.807, 2.05) is 30.3 Å². The molecule has 1 aromatic rings. The highest BCUT2D eigenvalue weighted by Gasteiger charge is 1.99. The molecule has 0 fully saturated rings.